The SMILES string of the molecule is CCNC(=NCCNC(=O)CC1CCCC1)N1CCS(=O)(=O)C(C)(C)C1. The van der Waals surface area contributed by atoms with Gasteiger partial charge in [0.25, 0.3) is 0 Å². The molecule has 1 heterocycles. The van der Waals surface area contributed by atoms with Crippen molar-refractivity contribution in [3.8, 4) is 0 Å². The van der Waals surface area contributed by atoms with Gasteiger partial charge >= 0.3 is 0 Å². The molecule has 1 saturated carbocycles. The Labute approximate surface area is 157 Å². The topological polar surface area (TPSA) is 90.9 Å². The Morgan fingerprint density at radius 3 is 2.54 bits per heavy atom. The predicted octanol–water partition coefficient (Wildman–Crippen LogP) is 1.16. The van der Waals surface area contributed by atoms with Crippen LogP contribution in [0.1, 0.15) is 52.9 Å². The van der Waals surface area contributed by atoms with Crippen molar-refractivity contribution in [3.05, 3.63) is 0 Å². The van der Waals surface area contributed by atoms with Crippen LogP contribution in [0.15, 0.2) is 4.99 Å². The summed E-state index contributed by atoms with van der Waals surface area (Å²) in [6, 6.07) is 0. The number of aliphatic imine (C=N–C) groups is 1. The molecule has 2 fully saturated rings. The van der Waals surface area contributed by atoms with Gasteiger partial charge in [0, 0.05) is 32.6 Å². The molecule has 0 bridgehead atoms. The molecule has 0 aromatic carbocycles. The first-order valence-electron chi connectivity index (χ1n) is 9.77. The van der Waals surface area contributed by atoms with Gasteiger partial charge in [0.05, 0.1) is 17.0 Å². The van der Waals surface area contributed by atoms with Crippen LogP contribution in [0, 0.1) is 5.92 Å². The minimum Gasteiger partial charge on any atom is -0.357 e. The molecule has 8 heteroatoms. The zero-order valence-corrected chi connectivity index (χ0v) is 17.2. The number of rotatable bonds is 6. The van der Waals surface area contributed by atoms with Crippen molar-refractivity contribution in [1.82, 2.24) is 15.5 Å². The third-order valence-electron chi connectivity index (χ3n) is 5.32. The van der Waals surface area contributed by atoms with Crippen LogP contribution in [-0.2, 0) is 14.6 Å². The van der Waals surface area contributed by atoms with Crippen molar-refractivity contribution in [2.75, 3.05) is 38.5 Å². The molecule has 7 nitrogen and oxygen atoms in total. The summed E-state index contributed by atoms with van der Waals surface area (Å²) >= 11 is 0. The van der Waals surface area contributed by atoms with Gasteiger partial charge < -0.3 is 15.5 Å². The number of carbonyl (C=O) groups is 1. The highest BCUT2D eigenvalue weighted by Crippen LogP contribution is 2.27. The molecule has 0 spiro atoms. The van der Waals surface area contributed by atoms with Crippen LogP contribution >= 0.6 is 0 Å². The van der Waals surface area contributed by atoms with Gasteiger partial charge in [0.2, 0.25) is 5.91 Å². The zero-order chi connectivity index (χ0) is 19.2. The predicted molar refractivity (Wildman–Crippen MR) is 105 cm³/mol. The number of amides is 1. The van der Waals surface area contributed by atoms with E-state index in [2.05, 4.69) is 15.6 Å². The van der Waals surface area contributed by atoms with E-state index in [1.165, 1.54) is 25.7 Å². The summed E-state index contributed by atoms with van der Waals surface area (Å²) < 4.78 is 23.6. The van der Waals surface area contributed by atoms with Crippen LogP contribution < -0.4 is 10.6 Å². The Morgan fingerprint density at radius 1 is 1.23 bits per heavy atom. The summed E-state index contributed by atoms with van der Waals surface area (Å²) in [6.07, 6.45) is 5.46. The maximum Gasteiger partial charge on any atom is 0.220 e. The number of hydrogen-bond donors (Lipinski definition) is 2. The van der Waals surface area contributed by atoms with E-state index in [0.29, 0.717) is 38.5 Å². The lowest BCUT2D eigenvalue weighted by Crippen LogP contribution is -2.57. The van der Waals surface area contributed by atoms with E-state index >= 15 is 0 Å². The van der Waals surface area contributed by atoms with Crippen molar-refractivity contribution < 1.29 is 13.2 Å². The second-order valence-electron chi connectivity index (χ2n) is 7.94. The van der Waals surface area contributed by atoms with E-state index in [-0.39, 0.29) is 11.7 Å². The molecule has 2 aliphatic rings. The molecule has 2 N–H and O–H groups in total. The molecule has 0 aromatic rings. The molecule has 0 radical (unpaired) electrons. The van der Waals surface area contributed by atoms with Gasteiger partial charge in [-0.1, -0.05) is 12.8 Å². The van der Waals surface area contributed by atoms with E-state index in [9.17, 15) is 13.2 Å². The molecule has 0 atom stereocenters. The third-order valence-corrected chi connectivity index (χ3v) is 7.86. The monoisotopic (exact) mass is 386 g/mol. The fourth-order valence-corrected chi connectivity index (χ4v) is 5.02. The smallest absolute Gasteiger partial charge is 0.220 e. The first-order chi connectivity index (χ1) is 12.2. The minimum atomic E-state index is -3.07. The van der Waals surface area contributed by atoms with Crippen molar-refractivity contribution in [2.45, 2.75) is 57.6 Å². The lowest BCUT2D eigenvalue weighted by Gasteiger charge is -2.39. The summed E-state index contributed by atoms with van der Waals surface area (Å²) in [5, 5.41) is 6.18. The average Bonchev–Trinajstić information content (AvgIpc) is 3.06. The second-order valence-corrected chi connectivity index (χ2v) is 10.7. The van der Waals surface area contributed by atoms with Crippen molar-refractivity contribution >= 4 is 21.7 Å². The van der Waals surface area contributed by atoms with Crippen LogP contribution in [0.4, 0.5) is 0 Å². The van der Waals surface area contributed by atoms with Gasteiger partial charge in [-0.15, -0.1) is 0 Å². The summed E-state index contributed by atoms with van der Waals surface area (Å²) in [4.78, 5) is 18.6. The second kappa shape index (κ2) is 9.06. The van der Waals surface area contributed by atoms with Crippen molar-refractivity contribution in [2.24, 2.45) is 10.9 Å². The lowest BCUT2D eigenvalue weighted by atomic mass is 10.0. The standard InChI is InChI=1S/C18H34N4O3S/c1-4-19-17(22-11-12-26(24,25)18(2,3)14-22)21-10-9-20-16(23)13-15-7-5-6-8-15/h15H,4-14H2,1-3H3,(H,19,21)(H,20,23). The lowest BCUT2D eigenvalue weighted by molar-refractivity contribution is -0.121. The van der Waals surface area contributed by atoms with Gasteiger partial charge in [-0.05, 0) is 39.5 Å². The minimum absolute atomic E-state index is 0.113. The van der Waals surface area contributed by atoms with Crippen LogP contribution in [0.2, 0.25) is 0 Å². The molecule has 2 rings (SSSR count). The van der Waals surface area contributed by atoms with Gasteiger partial charge in [-0.3, -0.25) is 9.79 Å². The number of guanidine groups is 1. The first kappa shape index (κ1) is 21.0. The summed E-state index contributed by atoms with van der Waals surface area (Å²) in [5.74, 6) is 1.53. The Hall–Kier alpha value is -1.31. The molecule has 0 unspecified atom stereocenters. The number of carbonyl (C=O) groups excluding carboxylic acids is 1. The van der Waals surface area contributed by atoms with Crippen molar-refractivity contribution in [1.29, 1.82) is 0 Å². The maximum absolute atomic E-state index is 12.2. The highest BCUT2D eigenvalue weighted by Gasteiger charge is 2.40. The fraction of sp³-hybridized carbons (Fsp3) is 0.889. The number of hydrogen-bond acceptors (Lipinski definition) is 4. The Balaban J connectivity index is 1.83. The van der Waals surface area contributed by atoms with E-state index in [1.807, 2.05) is 11.8 Å². The molecule has 1 aliphatic carbocycles. The average molecular weight is 387 g/mol. The normalized spacial score (nSPS) is 23.0. The maximum atomic E-state index is 12.2. The van der Waals surface area contributed by atoms with Gasteiger partial charge in [0.1, 0.15) is 0 Å². The van der Waals surface area contributed by atoms with E-state index in [0.717, 1.165) is 12.5 Å². The summed E-state index contributed by atoms with van der Waals surface area (Å²) in [5.41, 5.74) is 0. The highest BCUT2D eigenvalue weighted by atomic mass is 32.2. The molecular weight excluding hydrogens is 352 g/mol. The molecule has 1 aliphatic heterocycles. The molecular formula is C18H34N4O3S. The Kier molecular flexibility index (Phi) is 7.32. The van der Waals surface area contributed by atoms with E-state index in [4.69, 9.17) is 0 Å². The van der Waals surface area contributed by atoms with Crippen LogP contribution in [0.25, 0.3) is 0 Å². The van der Waals surface area contributed by atoms with Gasteiger partial charge in [0.15, 0.2) is 15.8 Å². The van der Waals surface area contributed by atoms with Crippen LogP contribution in [-0.4, -0.2) is 68.4 Å². The highest BCUT2D eigenvalue weighted by molar-refractivity contribution is 7.92. The van der Waals surface area contributed by atoms with Crippen LogP contribution in [0.5, 0.6) is 0 Å². The van der Waals surface area contributed by atoms with Gasteiger partial charge in [-0.2, -0.15) is 0 Å². The number of nitrogens with zero attached hydrogens (tertiary/aromatic N) is 2. The Morgan fingerprint density at radius 2 is 1.92 bits per heavy atom. The molecule has 1 saturated heterocycles. The van der Waals surface area contributed by atoms with E-state index in [1.54, 1.807) is 13.8 Å². The first-order valence-corrected chi connectivity index (χ1v) is 11.4. The molecule has 0 aromatic heterocycles. The molecule has 26 heavy (non-hydrogen) atoms. The fourth-order valence-electron chi connectivity index (χ4n) is 3.66. The molecule has 1 amide bonds. The number of nitrogens with one attached hydrogen (secondary N) is 2. The van der Waals surface area contributed by atoms with E-state index < -0.39 is 14.6 Å². The summed E-state index contributed by atoms with van der Waals surface area (Å²) in [7, 11) is -3.07. The van der Waals surface area contributed by atoms with Gasteiger partial charge in [-0.25, -0.2) is 8.42 Å². The molecule has 150 valence electrons. The van der Waals surface area contributed by atoms with Crippen LogP contribution in [0.3, 0.4) is 0 Å². The quantitative estimate of drug-likeness (QED) is 0.406. The number of sulfone groups is 1. The Bertz CT molecular complexity index is 610. The van der Waals surface area contributed by atoms with Crippen molar-refractivity contribution in [3.63, 3.8) is 0 Å². The largest absolute Gasteiger partial charge is 0.357 e. The third kappa shape index (κ3) is 5.59. The summed E-state index contributed by atoms with van der Waals surface area (Å²) in [6.45, 7) is 8.11. The zero-order valence-electron chi connectivity index (χ0n) is 16.4.